The SMILES string of the molecule is CC(C)C[C@@H]1C(=O)O[C@@H]2c3ccccc3OC(=O)N12. The van der Waals surface area contributed by atoms with Crippen LogP contribution < -0.4 is 4.74 Å². The second-order valence-corrected chi connectivity index (χ2v) is 5.25. The maximum atomic E-state index is 12.0. The third kappa shape index (κ3) is 1.85. The van der Waals surface area contributed by atoms with E-state index in [0.717, 1.165) is 5.56 Å². The molecule has 0 aromatic heterocycles. The lowest BCUT2D eigenvalue weighted by atomic mass is 10.0. The summed E-state index contributed by atoms with van der Waals surface area (Å²) in [5.41, 5.74) is 0.724. The van der Waals surface area contributed by atoms with Crippen LogP contribution in [0.25, 0.3) is 0 Å². The Morgan fingerprint density at radius 3 is 2.74 bits per heavy atom. The van der Waals surface area contributed by atoms with E-state index in [9.17, 15) is 9.59 Å². The van der Waals surface area contributed by atoms with Crippen LogP contribution in [0.4, 0.5) is 4.79 Å². The second-order valence-electron chi connectivity index (χ2n) is 5.25. The topological polar surface area (TPSA) is 55.8 Å². The second kappa shape index (κ2) is 4.26. The molecule has 100 valence electrons. The number of rotatable bonds is 2. The molecule has 3 rings (SSSR count). The van der Waals surface area contributed by atoms with Crippen LogP contribution in [-0.2, 0) is 9.53 Å². The van der Waals surface area contributed by atoms with Gasteiger partial charge in [-0.2, -0.15) is 0 Å². The Morgan fingerprint density at radius 1 is 1.26 bits per heavy atom. The number of carbonyl (C=O) groups excluding carboxylic acids is 2. The monoisotopic (exact) mass is 261 g/mol. The van der Waals surface area contributed by atoms with Crippen LogP contribution in [0.15, 0.2) is 24.3 Å². The summed E-state index contributed by atoms with van der Waals surface area (Å²) in [7, 11) is 0. The molecule has 0 unspecified atom stereocenters. The van der Waals surface area contributed by atoms with Crippen molar-refractivity contribution in [3.8, 4) is 5.75 Å². The number of nitrogens with zero attached hydrogens (tertiary/aromatic N) is 1. The summed E-state index contributed by atoms with van der Waals surface area (Å²) in [6, 6.07) is 6.58. The minimum atomic E-state index is -0.645. The summed E-state index contributed by atoms with van der Waals surface area (Å²) in [4.78, 5) is 25.4. The van der Waals surface area contributed by atoms with Crippen LogP contribution in [0.1, 0.15) is 32.1 Å². The van der Waals surface area contributed by atoms with E-state index in [4.69, 9.17) is 9.47 Å². The van der Waals surface area contributed by atoms with Crippen LogP contribution in [0.5, 0.6) is 5.75 Å². The van der Waals surface area contributed by atoms with Crippen LogP contribution in [0.3, 0.4) is 0 Å². The fourth-order valence-electron chi connectivity index (χ4n) is 2.54. The Hall–Kier alpha value is -2.04. The highest BCUT2D eigenvalue weighted by molar-refractivity contribution is 5.87. The van der Waals surface area contributed by atoms with E-state index in [1.807, 2.05) is 26.0 Å². The molecular weight excluding hydrogens is 246 g/mol. The fraction of sp³-hybridized carbons (Fsp3) is 0.429. The molecule has 0 spiro atoms. The Bertz CT molecular complexity index is 540. The molecule has 0 radical (unpaired) electrons. The van der Waals surface area contributed by atoms with E-state index in [0.29, 0.717) is 18.1 Å². The maximum absolute atomic E-state index is 12.0. The Labute approximate surface area is 111 Å². The maximum Gasteiger partial charge on any atom is 0.419 e. The van der Waals surface area contributed by atoms with Crippen molar-refractivity contribution in [2.75, 3.05) is 0 Å². The summed E-state index contributed by atoms with van der Waals surface area (Å²) in [6.07, 6.45) is -0.582. The molecule has 19 heavy (non-hydrogen) atoms. The first-order valence-corrected chi connectivity index (χ1v) is 6.37. The van der Waals surface area contributed by atoms with Crippen molar-refractivity contribution in [3.63, 3.8) is 0 Å². The lowest BCUT2D eigenvalue weighted by molar-refractivity contribution is -0.143. The number of carbonyl (C=O) groups is 2. The van der Waals surface area contributed by atoms with Gasteiger partial charge in [0, 0.05) is 0 Å². The van der Waals surface area contributed by atoms with Gasteiger partial charge in [0.15, 0.2) is 0 Å². The zero-order valence-corrected chi connectivity index (χ0v) is 10.8. The summed E-state index contributed by atoms with van der Waals surface area (Å²) < 4.78 is 10.6. The molecule has 0 aliphatic carbocycles. The molecule has 0 bridgehead atoms. The molecule has 1 fully saturated rings. The normalized spacial score (nSPS) is 24.9. The number of fused-ring (bicyclic) bond motifs is 3. The minimum absolute atomic E-state index is 0.293. The quantitative estimate of drug-likeness (QED) is 0.767. The molecule has 1 saturated heterocycles. The first-order chi connectivity index (χ1) is 9.08. The van der Waals surface area contributed by atoms with Crippen molar-refractivity contribution < 1.29 is 19.1 Å². The molecule has 1 amide bonds. The minimum Gasteiger partial charge on any atom is -0.435 e. The summed E-state index contributed by atoms with van der Waals surface area (Å²) >= 11 is 0. The number of hydrogen-bond donors (Lipinski definition) is 0. The average molecular weight is 261 g/mol. The van der Waals surface area contributed by atoms with Gasteiger partial charge in [0.25, 0.3) is 0 Å². The van der Waals surface area contributed by atoms with E-state index in [1.54, 1.807) is 12.1 Å². The van der Waals surface area contributed by atoms with Gasteiger partial charge in [0.2, 0.25) is 6.23 Å². The van der Waals surface area contributed by atoms with E-state index in [-0.39, 0.29) is 5.97 Å². The third-order valence-corrected chi connectivity index (χ3v) is 3.38. The number of benzene rings is 1. The van der Waals surface area contributed by atoms with Crippen molar-refractivity contribution in [1.29, 1.82) is 0 Å². The van der Waals surface area contributed by atoms with Gasteiger partial charge in [-0.05, 0) is 24.5 Å². The number of para-hydroxylation sites is 1. The van der Waals surface area contributed by atoms with Gasteiger partial charge < -0.3 is 9.47 Å². The molecule has 2 heterocycles. The molecule has 5 nitrogen and oxygen atoms in total. The zero-order chi connectivity index (χ0) is 13.6. The van der Waals surface area contributed by atoms with Crippen LogP contribution in [-0.4, -0.2) is 23.0 Å². The van der Waals surface area contributed by atoms with Gasteiger partial charge in [0.05, 0.1) is 5.56 Å². The molecule has 1 aromatic rings. The van der Waals surface area contributed by atoms with E-state index < -0.39 is 18.4 Å². The predicted octanol–water partition coefficient (Wildman–Crippen LogP) is 2.47. The van der Waals surface area contributed by atoms with Crippen molar-refractivity contribution in [3.05, 3.63) is 29.8 Å². The Kier molecular flexibility index (Phi) is 2.69. The predicted molar refractivity (Wildman–Crippen MR) is 66.4 cm³/mol. The molecule has 5 heteroatoms. The van der Waals surface area contributed by atoms with Crippen molar-refractivity contribution >= 4 is 12.1 Å². The van der Waals surface area contributed by atoms with Gasteiger partial charge in [-0.3, -0.25) is 4.90 Å². The largest absolute Gasteiger partial charge is 0.435 e. The van der Waals surface area contributed by atoms with Gasteiger partial charge in [-0.15, -0.1) is 0 Å². The van der Waals surface area contributed by atoms with Crippen LogP contribution in [0.2, 0.25) is 0 Å². The van der Waals surface area contributed by atoms with Crippen molar-refractivity contribution in [2.45, 2.75) is 32.5 Å². The molecule has 2 aliphatic heterocycles. The van der Waals surface area contributed by atoms with Gasteiger partial charge in [-0.25, -0.2) is 9.59 Å². The smallest absolute Gasteiger partial charge is 0.419 e. The fourth-order valence-corrected chi connectivity index (χ4v) is 2.54. The molecule has 0 N–H and O–H groups in total. The zero-order valence-electron chi connectivity index (χ0n) is 10.8. The van der Waals surface area contributed by atoms with Gasteiger partial charge in [-0.1, -0.05) is 26.0 Å². The molecule has 2 aliphatic rings. The molecule has 2 atom stereocenters. The first kappa shape index (κ1) is 12.0. The molecular formula is C14H15NO4. The highest BCUT2D eigenvalue weighted by Crippen LogP contribution is 2.41. The highest BCUT2D eigenvalue weighted by atomic mass is 16.6. The van der Waals surface area contributed by atoms with E-state index >= 15 is 0 Å². The lowest BCUT2D eigenvalue weighted by Gasteiger charge is -2.31. The summed E-state index contributed by atoms with van der Waals surface area (Å²) in [5, 5.41) is 0. The Morgan fingerprint density at radius 2 is 2.00 bits per heavy atom. The number of amides is 1. The first-order valence-electron chi connectivity index (χ1n) is 6.37. The summed E-state index contributed by atoms with van der Waals surface area (Å²) in [6.45, 7) is 4.01. The molecule has 1 aromatic carbocycles. The van der Waals surface area contributed by atoms with Crippen LogP contribution in [0, 0.1) is 5.92 Å². The van der Waals surface area contributed by atoms with Gasteiger partial charge in [0.1, 0.15) is 11.8 Å². The standard InChI is InChI=1S/C14H15NO4/c1-8(2)7-10-13(16)19-12-9-5-3-4-6-11(9)18-14(17)15(10)12/h3-6,8,10,12H,7H2,1-2H3/t10-,12-/m1/s1. The van der Waals surface area contributed by atoms with Crippen LogP contribution >= 0.6 is 0 Å². The summed E-state index contributed by atoms with van der Waals surface area (Å²) in [5.74, 6) is 0.403. The van der Waals surface area contributed by atoms with Crippen molar-refractivity contribution in [1.82, 2.24) is 4.90 Å². The number of esters is 1. The third-order valence-electron chi connectivity index (χ3n) is 3.38. The highest BCUT2D eigenvalue weighted by Gasteiger charge is 2.50. The van der Waals surface area contributed by atoms with Gasteiger partial charge >= 0.3 is 12.1 Å². The lowest BCUT2D eigenvalue weighted by Crippen LogP contribution is -2.44. The molecule has 0 saturated carbocycles. The number of hydrogen-bond acceptors (Lipinski definition) is 4. The van der Waals surface area contributed by atoms with E-state index in [1.165, 1.54) is 4.90 Å². The van der Waals surface area contributed by atoms with Crippen molar-refractivity contribution in [2.24, 2.45) is 5.92 Å². The average Bonchev–Trinajstić information content (AvgIpc) is 2.67. The van der Waals surface area contributed by atoms with E-state index in [2.05, 4.69) is 0 Å². The number of ether oxygens (including phenoxy) is 2. The Balaban J connectivity index is 1.99.